The summed E-state index contributed by atoms with van der Waals surface area (Å²) in [4.78, 5) is 12.7. The summed E-state index contributed by atoms with van der Waals surface area (Å²) in [6.07, 6.45) is 2.52. The molecule has 0 fully saturated rings. The van der Waals surface area contributed by atoms with Crippen molar-refractivity contribution in [2.75, 3.05) is 19.0 Å². The van der Waals surface area contributed by atoms with Gasteiger partial charge in [0.05, 0.1) is 24.7 Å². The fraction of sp³-hybridized carbons (Fsp3) is 0.286. The Labute approximate surface area is 167 Å². The molecule has 28 heavy (non-hydrogen) atoms. The number of carbonyl (C=O) groups excluding carboxylic acids is 1. The van der Waals surface area contributed by atoms with Gasteiger partial charge in [0, 0.05) is 12.0 Å². The van der Waals surface area contributed by atoms with Crippen molar-refractivity contribution in [3.05, 3.63) is 59.4 Å². The summed E-state index contributed by atoms with van der Waals surface area (Å²) in [5.41, 5.74) is 3.92. The highest BCUT2D eigenvalue weighted by Crippen LogP contribution is 2.31. The van der Waals surface area contributed by atoms with E-state index in [4.69, 9.17) is 9.47 Å². The molecule has 0 aliphatic carbocycles. The Morgan fingerprint density at radius 3 is 2.79 bits per heavy atom. The van der Waals surface area contributed by atoms with Crippen LogP contribution in [0.5, 0.6) is 11.5 Å². The van der Waals surface area contributed by atoms with Crippen LogP contribution >= 0.6 is 11.8 Å². The summed E-state index contributed by atoms with van der Waals surface area (Å²) in [6.45, 7) is 5.32. The average Bonchev–Trinajstić information content (AvgIpc) is 3.04. The number of aryl methyl sites for hydroxylation is 2. The van der Waals surface area contributed by atoms with Crippen molar-refractivity contribution < 1.29 is 14.3 Å². The number of rotatable bonds is 5. The zero-order chi connectivity index (χ0) is 19.5. The maximum atomic E-state index is 12.7. The summed E-state index contributed by atoms with van der Waals surface area (Å²) in [7, 11) is 0. The maximum absolute atomic E-state index is 12.7. The summed E-state index contributed by atoms with van der Waals surface area (Å²) in [5.74, 6) is 1.60. The smallest absolute Gasteiger partial charge is 0.196 e. The van der Waals surface area contributed by atoms with Gasteiger partial charge in [-0.1, -0.05) is 23.9 Å². The maximum Gasteiger partial charge on any atom is 0.196 e. The van der Waals surface area contributed by atoms with E-state index >= 15 is 0 Å². The van der Waals surface area contributed by atoms with E-state index in [2.05, 4.69) is 28.4 Å². The normalized spacial score (nSPS) is 13.2. The molecule has 0 amide bonds. The monoisotopic (exact) mass is 395 g/mol. The molecule has 6 nitrogen and oxygen atoms in total. The Kier molecular flexibility index (Phi) is 5.34. The molecule has 0 spiro atoms. The van der Waals surface area contributed by atoms with Crippen molar-refractivity contribution in [3.8, 4) is 17.2 Å². The molecular formula is C21H21N3O3S. The molecule has 1 aliphatic heterocycles. The van der Waals surface area contributed by atoms with E-state index in [0.717, 1.165) is 23.2 Å². The van der Waals surface area contributed by atoms with E-state index in [-0.39, 0.29) is 11.5 Å². The lowest BCUT2D eigenvalue weighted by Crippen LogP contribution is -2.05. The molecule has 2 aromatic carbocycles. The lowest BCUT2D eigenvalue weighted by Gasteiger charge is -2.11. The van der Waals surface area contributed by atoms with Gasteiger partial charge in [-0.05, 0) is 49.2 Å². The molecule has 0 bridgehead atoms. The third kappa shape index (κ3) is 3.89. The number of benzene rings is 2. The van der Waals surface area contributed by atoms with Gasteiger partial charge in [-0.15, -0.1) is 10.2 Å². The summed E-state index contributed by atoms with van der Waals surface area (Å²) >= 11 is 1.38. The van der Waals surface area contributed by atoms with Crippen molar-refractivity contribution >= 4 is 17.5 Å². The topological polar surface area (TPSA) is 66.2 Å². The second-order valence-electron chi connectivity index (χ2n) is 6.70. The minimum Gasteiger partial charge on any atom is -0.490 e. The minimum absolute atomic E-state index is 0.0103. The van der Waals surface area contributed by atoms with Crippen LogP contribution in [0.15, 0.2) is 47.9 Å². The first kappa shape index (κ1) is 18.6. The number of Topliss-reactive ketones (excluding diaryl/α,β-unsaturated/α-hetero) is 1. The second-order valence-corrected chi connectivity index (χ2v) is 7.64. The predicted octanol–water partition coefficient (Wildman–Crippen LogP) is 4.02. The number of carbonyl (C=O) groups is 1. The molecule has 0 unspecified atom stereocenters. The standard InChI is InChI=1S/C21H21N3O3S/c1-14-4-5-15(2)17(10-14)24-13-22-23-21(24)28-12-18(25)16-6-7-19-20(11-16)27-9-3-8-26-19/h4-7,10-11,13H,3,8-9,12H2,1-2H3. The molecule has 0 radical (unpaired) electrons. The third-order valence-corrected chi connectivity index (χ3v) is 5.49. The van der Waals surface area contributed by atoms with Crippen LogP contribution in [0, 0.1) is 13.8 Å². The van der Waals surface area contributed by atoms with Gasteiger partial charge in [0.25, 0.3) is 0 Å². The number of hydrogen-bond acceptors (Lipinski definition) is 6. The zero-order valence-corrected chi connectivity index (χ0v) is 16.7. The van der Waals surface area contributed by atoms with Gasteiger partial charge < -0.3 is 9.47 Å². The molecule has 0 saturated heterocycles. The number of nitrogens with zero attached hydrogens (tertiary/aromatic N) is 3. The van der Waals surface area contributed by atoms with Crippen LogP contribution in [0.3, 0.4) is 0 Å². The number of ether oxygens (including phenoxy) is 2. The number of hydrogen-bond donors (Lipinski definition) is 0. The molecule has 1 aliphatic rings. The van der Waals surface area contributed by atoms with Crippen LogP contribution in [0.1, 0.15) is 27.9 Å². The van der Waals surface area contributed by atoms with Gasteiger partial charge >= 0.3 is 0 Å². The highest BCUT2D eigenvalue weighted by atomic mass is 32.2. The number of ketones is 1. The molecule has 144 valence electrons. The molecule has 2 heterocycles. The van der Waals surface area contributed by atoms with Gasteiger partial charge in [0.1, 0.15) is 6.33 Å². The van der Waals surface area contributed by atoms with Gasteiger partial charge in [-0.25, -0.2) is 0 Å². The van der Waals surface area contributed by atoms with Crippen molar-refractivity contribution in [1.82, 2.24) is 14.8 Å². The Balaban J connectivity index is 1.50. The van der Waals surface area contributed by atoms with Crippen LogP contribution in [0.4, 0.5) is 0 Å². The number of aromatic nitrogens is 3. The van der Waals surface area contributed by atoms with Crippen LogP contribution in [0.2, 0.25) is 0 Å². The van der Waals surface area contributed by atoms with E-state index in [1.54, 1.807) is 24.5 Å². The fourth-order valence-electron chi connectivity index (χ4n) is 3.02. The highest BCUT2D eigenvalue weighted by molar-refractivity contribution is 7.99. The number of thioether (sulfide) groups is 1. The van der Waals surface area contributed by atoms with Gasteiger partial charge in [-0.3, -0.25) is 9.36 Å². The summed E-state index contributed by atoms with van der Waals surface area (Å²) in [6, 6.07) is 11.6. The molecule has 3 aromatic rings. The van der Waals surface area contributed by atoms with E-state index in [1.807, 2.05) is 18.4 Å². The molecule has 4 rings (SSSR count). The van der Waals surface area contributed by atoms with Crippen molar-refractivity contribution in [2.45, 2.75) is 25.4 Å². The average molecular weight is 395 g/mol. The zero-order valence-electron chi connectivity index (χ0n) is 15.8. The van der Waals surface area contributed by atoms with Gasteiger partial charge in [0.15, 0.2) is 22.4 Å². The lowest BCUT2D eigenvalue weighted by atomic mass is 10.1. The largest absolute Gasteiger partial charge is 0.490 e. The van der Waals surface area contributed by atoms with E-state index < -0.39 is 0 Å². The number of fused-ring (bicyclic) bond motifs is 1. The van der Waals surface area contributed by atoms with Crippen LogP contribution in [0.25, 0.3) is 5.69 Å². The van der Waals surface area contributed by atoms with Crippen molar-refractivity contribution in [2.24, 2.45) is 0 Å². The second kappa shape index (κ2) is 8.06. The first-order valence-corrected chi connectivity index (χ1v) is 10.1. The van der Waals surface area contributed by atoms with Gasteiger partial charge in [-0.2, -0.15) is 0 Å². The highest BCUT2D eigenvalue weighted by Gasteiger charge is 2.16. The summed E-state index contributed by atoms with van der Waals surface area (Å²) < 4.78 is 13.2. The third-order valence-electron chi connectivity index (χ3n) is 4.54. The van der Waals surface area contributed by atoms with E-state index in [9.17, 15) is 4.79 Å². The Hall–Kier alpha value is -2.80. The minimum atomic E-state index is 0.0103. The van der Waals surface area contributed by atoms with Crippen LogP contribution in [-0.4, -0.2) is 39.5 Å². The Morgan fingerprint density at radius 2 is 1.93 bits per heavy atom. The van der Waals surface area contributed by atoms with Crippen molar-refractivity contribution in [3.63, 3.8) is 0 Å². The first-order valence-electron chi connectivity index (χ1n) is 9.15. The molecule has 0 N–H and O–H groups in total. The van der Waals surface area contributed by atoms with Crippen molar-refractivity contribution in [1.29, 1.82) is 0 Å². The molecular weight excluding hydrogens is 374 g/mol. The van der Waals surface area contributed by atoms with E-state index in [0.29, 0.717) is 35.4 Å². The first-order chi connectivity index (χ1) is 13.6. The fourth-order valence-corrected chi connectivity index (χ4v) is 3.83. The van der Waals surface area contributed by atoms with Gasteiger partial charge in [0.2, 0.25) is 0 Å². The van der Waals surface area contributed by atoms with E-state index in [1.165, 1.54) is 11.8 Å². The predicted molar refractivity (Wildman–Crippen MR) is 108 cm³/mol. The van der Waals surface area contributed by atoms with Crippen LogP contribution < -0.4 is 9.47 Å². The SMILES string of the molecule is Cc1ccc(C)c(-n2cnnc2SCC(=O)c2ccc3c(c2)OCCCO3)c1. The summed E-state index contributed by atoms with van der Waals surface area (Å²) in [5, 5.41) is 8.91. The molecule has 1 aromatic heterocycles. The Bertz CT molecular complexity index is 1020. The Morgan fingerprint density at radius 1 is 1.11 bits per heavy atom. The van der Waals surface area contributed by atoms with Crippen LogP contribution in [-0.2, 0) is 0 Å². The molecule has 0 atom stereocenters. The quantitative estimate of drug-likeness (QED) is 0.480. The lowest BCUT2D eigenvalue weighted by molar-refractivity contribution is 0.102. The molecule has 7 heteroatoms. The molecule has 0 saturated carbocycles.